The molecule has 0 radical (unpaired) electrons. The molecule has 5 amide bonds. The molecule has 11 heteroatoms. The molecule has 11 nitrogen and oxygen atoms in total. The van der Waals surface area contributed by atoms with Gasteiger partial charge in [0, 0.05) is 18.7 Å². The van der Waals surface area contributed by atoms with Gasteiger partial charge in [0.25, 0.3) is 0 Å². The zero-order chi connectivity index (χ0) is 26.7. The second kappa shape index (κ2) is 14.1. The molecule has 6 N–H and O–H groups in total. The number of rotatable bonds is 8. The predicted octanol–water partition coefficient (Wildman–Crippen LogP) is 0.677. The molecule has 0 aromatic rings. The summed E-state index contributed by atoms with van der Waals surface area (Å²) in [4.78, 5) is 61.7. The molecule has 196 valence electrons. The summed E-state index contributed by atoms with van der Waals surface area (Å²) in [5.74, 6) is -3.20. The second-order valence-electron chi connectivity index (χ2n) is 9.53. The normalized spacial score (nSPS) is 20.8. The van der Waals surface area contributed by atoms with Gasteiger partial charge in [-0.2, -0.15) is 0 Å². The van der Waals surface area contributed by atoms with Gasteiger partial charge in [-0.3, -0.25) is 14.4 Å². The van der Waals surface area contributed by atoms with Gasteiger partial charge >= 0.3 is 12.0 Å². The Kier molecular flexibility index (Phi) is 12.0. The fourth-order valence-corrected chi connectivity index (χ4v) is 3.27. The van der Waals surface area contributed by atoms with Crippen molar-refractivity contribution in [1.29, 1.82) is 0 Å². The number of carbonyl (C=O) groups excluding carboxylic acids is 4. The van der Waals surface area contributed by atoms with Gasteiger partial charge in [-0.05, 0) is 24.2 Å². The zero-order valence-corrected chi connectivity index (χ0v) is 21.3. The van der Waals surface area contributed by atoms with Gasteiger partial charge in [-0.15, -0.1) is 0 Å². The van der Waals surface area contributed by atoms with Crippen LogP contribution in [0.1, 0.15) is 48.0 Å². The highest BCUT2D eigenvalue weighted by Gasteiger charge is 2.30. The topological polar surface area (TPSA) is 166 Å². The van der Waals surface area contributed by atoms with E-state index in [9.17, 15) is 29.1 Å². The van der Waals surface area contributed by atoms with E-state index in [1.165, 1.54) is 6.08 Å². The van der Waals surface area contributed by atoms with Crippen LogP contribution in [-0.2, 0) is 19.2 Å². The molecule has 35 heavy (non-hydrogen) atoms. The lowest BCUT2D eigenvalue weighted by Crippen LogP contribution is -2.58. The van der Waals surface area contributed by atoms with E-state index in [0.29, 0.717) is 13.0 Å². The molecular formula is C24H39N5O6. The van der Waals surface area contributed by atoms with Crippen LogP contribution in [0.3, 0.4) is 0 Å². The molecule has 0 aliphatic carbocycles. The molecule has 4 atom stereocenters. The molecule has 0 aromatic carbocycles. The van der Waals surface area contributed by atoms with E-state index in [2.05, 4.69) is 26.6 Å². The largest absolute Gasteiger partial charge is 0.480 e. The summed E-state index contributed by atoms with van der Waals surface area (Å²) in [7, 11) is 0. The highest BCUT2D eigenvalue weighted by atomic mass is 16.4. The maximum atomic E-state index is 13.1. The first kappa shape index (κ1) is 29.7. The van der Waals surface area contributed by atoms with Crippen molar-refractivity contribution >= 4 is 29.7 Å². The third kappa shape index (κ3) is 10.2. The Bertz CT molecular complexity index is 836. The summed E-state index contributed by atoms with van der Waals surface area (Å²) in [6, 6.07) is -4.37. The van der Waals surface area contributed by atoms with E-state index in [4.69, 9.17) is 0 Å². The van der Waals surface area contributed by atoms with Gasteiger partial charge < -0.3 is 31.7 Å². The fraction of sp³-hybridized carbons (Fsp3) is 0.625. The van der Waals surface area contributed by atoms with Crippen molar-refractivity contribution in [2.45, 2.75) is 72.1 Å². The Balaban J connectivity index is 3.01. The molecule has 1 aliphatic heterocycles. The minimum atomic E-state index is -1.18. The van der Waals surface area contributed by atoms with Crippen molar-refractivity contribution in [1.82, 2.24) is 26.6 Å². The molecule has 0 unspecified atom stereocenters. The molecule has 0 saturated carbocycles. The Morgan fingerprint density at radius 1 is 0.971 bits per heavy atom. The van der Waals surface area contributed by atoms with Crippen molar-refractivity contribution in [3.05, 3.63) is 24.3 Å². The molecule has 0 spiro atoms. The Labute approximate surface area is 206 Å². The van der Waals surface area contributed by atoms with Gasteiger partial charge in [-0.1, -0.05) is 59.8 Å². The van der Waals surface area contributed by atoms with Gasteiger partial charge in [0.05, 0.1) is 0 Å². The second-order valence-corrected chi connectivity index (χ2v) is 9.53. The minimum absolute atomic E-state index is 0.0109. The van der Waals surface area contributed by atoms with E-state index in [0.717, 1.165) is 0 Å². The number of carboxylic acid groups (broad SMARTS) is 1. The first-order valence-electron chi connectivity index (χ1n) is 11.9. The first-order chi connectivity index (χ1) is 16.3. The number of aliphatic carboxylic acids is 1. The summed E-state index contributed by atoms with van der Waals surface area (Å²) < 4.78 is 0. The van der Waals surface area contributed by atoms with Gasteiger partial charge in [-0.25, -0.2) is 9.59 Å². The van der Waals surface area contributed by atoms with Crippen molar-refractivity contribution in [3.8, 4) is 0 Å². The molecule has 0 saturated heterocycles. The van der Waals surface area contributed by atoms with E-state index >= 15 is 0 Å². The van der Waals surface area contributed by atoms with Crippen LogP contribution in [0.25, 0.3) is 0 Å². The van der Waals surface area contributed by atoms with E-state index in [-0.39, 0.29) is 23.7 Å². The molecule has 1 rings (SSSR count). The number of hydrogen-bond acceptors (Lipinski definition) is 5. The van der Waals surface area contributed by atoms with Crippen LogP contribution < -0.4 is 26.6 Å². The zero-order valence-electron chi connectivity index (χ0n) is 21.3. The average molecular weight is 494 g/mol. The van der Waals surface area contributed by atoms with E-state index in [1.54, 1.807) is 45.9 Å². The van der Waals surface area contributed by atoms with Crippen LogP contribution in [0.2, 0.25) is 0 Å². The first-order valence-corrected chi connectivity index (χ1v) is 11.9. The van der Waals surface area contributed by atoms with E-state index < -0.39 is 48.0 Å². The monoisotopic (exact) mass is 493 g/mol. The lowest BCUT2D eigenvalue weighted by molar-refractivity contribution is -0.140. The minimum Gasteiger partial charge on any atom is -0.480 e. The van der Waals surface area contributed by atoms with Crippen molar-refractivity contribution < 1.29 is 29.1 Å². The van der Waals surface area contributed by atoms with Crippen molar-refractivity contribution in [2.24, 2.45) is 17.8 Å². The van der Waals surface area contributed by atoms with Crippen LogP contribution in [0.15, 0.2) is 24.3 Å². The summed E-state index contributed by atoms with van der Waals surface area (Å²) in [6.45, 7) is 10.9. The highest BCUT2D eigenvalue weighted by molar-refractivity contribution is 5.94. The van der Waals surface area contributed by atoms with Gasteiger partial charge in [0.15, 0.2) is 0 Å². The Morgan fingerprint density at radius 2 is 1.57 bits per heavy atom. The molecule has 0 bridgehead atoms. The summed E-state index contributed by atoms with van der Waals surface area (Å²) in [6.07, 6.45) is 6.66. The van der Waals surface area contributed by atoms with Crippen LogP contribution >= 0.6 is 0 Å². The number of carbonyl (C=O) groups is 5. The maximum absolute atomic E-state index is 13.1. The molecule has 1 aliphatic rings. The van der Waals surface area contributed by atoms with E-state index in [1.807, 2.05) is 13.8 Å². The summed E-state index contributed by atoms with van der Waals surface area (Å²) in [5.41, 5.74) is 0. The lowest BCUT2D eigenvalue weighted by atomic mass is 10.0. The number of hydrogen-bond donors (Lipinski definition) is 6. The summed E-state index contributed by atoms with van der Waals surface area (Å²) in [5, 5.41) is 22.4. The molecule has 1 heterocycles. The molecule has 0 aromatic heterocycles. The lowest BCUT2D eigenvalue weighted by Gasteiger charge is -2.27. The number of amides is 5. The van der Waals surface area contributed by atoms with Crippen molar-refractivity contribution in [2.75, 3.05) is 6.54 Å². The van der Waals surface area contributed by atoms with Gasteiger partial charge in [0.1, 0.15) is 18.1 Å². The van der Waals surface area contributed by atoms with Crippen LogP contribution in [0.5, 0.6) is 0 Å². The third-order valence-electron chi connectivity index (χ3n) is 5.46. The highest BCUT2D eigenvalue weighted by Crippen LogP contribution is 2.08. The van der Waals surface area contributed by atoms with Crippen molar-refractivity contribution in [3.63, 3.8) is 0 Å². The fourth-order valence-electron chi connectivity index (χ4n) is 3.27. The Hall–Kier alpha value is -3.37. The average Bonchev–Trinajstić information content (AvgIpc) is 2.75. The standard InChI is InChI=1S/C24H39N5O6/c1-13(2)16-10-11-18(30)25-12-8-7-9-17(21(31)26-16)27-22(32)19(14(3)4)28-24(35)29-20(15(5)6)23(33)34/h7,9-11,13-17,19-20H,8,12H2,1-6H3,(H,25,30)(H,26,31)(H,27,32)(H,33,34)(H2,28,29,35)/t16-,17+,19+,20+/m1/s1. The third-order valence-corrected chi connectivity index (χ3v) is 5.46. The number of urea groups is 1. The van der Waals surface area contributed by atoms with Gasteiger partial charge in [0.2, 0.25) is 17.7 Å². The quantitative estimate of drug-likeness (QED) is 0.272. The van der Waals surface area contributed by atoms with Crippen LogP contribution in [0, 0.1) is 17.8 Å². The van der Waals surface area contributed by atoms with Crippen LogP contribution in [0.4, 0.5) is 4.79 Å². The maximum Gasteiger partial charge on any atom is 0.326 e. The Morgan fingerprint density at radius 3 is 2.11 bits per heavy atom. The molecular weight excluding hydrogens is 454 g/mol. The predicted molar refractivity (Wildman–Crippen MR) is 131 cm³/mol. The number of carboxylic acids is 1. The summed E-state index contributed by atoms with van der Waals surface area (Å²) >= 11 is 0. The van der Waals surface area contributed by atoms with Crippen LogP contribution in [-0.4, -0.2) is 65.5 Å². The molecule has 0 fully saturated rings. The number of nitrogens with one attached hydrogen (secondary N) is 5. The smallest absolute Gasteiger partial charge is 0.326 e. The SMILES string of the molecule is CC(C)[C@H](NC(=O)N[C@H](C(=O)N[C@H]1C=CCCNC(=O)C=C[C@H](C(C)C)NC1=O)C(C)C)C(=O)O.